The van der Waals surface area contributed by atoms with Gasteiger partial charge in [-0.3, -0.25) is 24.4 Å². The van der Waals surface area contributed by atoms with Crippen molar-refractivity contribution in [3.05, 3.63) is 30.1 Å². The predicted octanol–water partition coefficient (Wildman–Crippen LogP) is 2.24. The minimum absolute atomic E-state index is 0.381. The monoisotopic (exact) mass is 317 g/mol. The summed E-state index contributed by atoms with van der Waals surface area (Å²) in [5, 5.41) is 0. The number of unbranched alkanes of at least 4 members (excludes halogenated alkanes) is 1. The molecule has 0 spiro atoms. The predicted molar refractivity (Wildman–Crippen MR) is 85.5 cm³/mol. The van der Waals surface area contributed by atoms with E-state index < -0.39 is 11.4 Å². The van der Waals surface area contributed by atoms with Crippen molar-refractivity contribution in [3.8, 4) is 0 Å². The fourth-order valence-corrected chi connectivity index (χ4v) is 3.07. The summed E-state index contributed by atoms with van der Waals surface area (Å²) in [4.78, 5) is 43.7. The van der Waals surface area contributed by atoms with Crippen LogP contribution in [0.3, 0.4) is 0 Å². The first kappa shape index (κ1) is 17.1. The van der Waals surface area contributed by atoms with Gasteiger partial charge in [0.25, 0.3) is 0 Å². The van der Waals surface area contributed by atoms with Gasteiger partial charge >= 0.3 is 6.03 Å². The van der Waals surface area contributed by atoms with E-state index in [2.05, 4.69) is 4.98 Å². The molecule has 0 aromatic carbocycles. The van der Waals surface area contributed by atoms with E-state index >= 15 is 0 Å². The van der Waals surface area contributed by atoms with Crippen LogP contribution in [0.2, 0.25) is 0 Å². The van der Waals surface area contributed by atoms with Crippen molar-refractivity contribution in [1.82, 2.24) is 14.8 Å². The van der Waals surface area contributed by atoms with Gasteiger partial charge < -0.3 is 0 Å². The number of hydrogen-bond acceptors (Lipinski definition) is 4. The lowest BCUT2D eigenvalue weighted by Gasteiger charge is -2.41. The zero-order valence-electron chi connectivity index (χ0n) is 13.9. The van der Waals surface area contributed by atoms with E-state index in [1.54, 1.807) is 12.4 Å². The number of amides is 4. The number of barbiturate groups is 1. The van der Waals surface area contributed by atoms with E-state index in [9.17, 15) is 14.4 Å². The molecule has 0 aliphatic carbocycles. The molecular weight excluding hydrogens is 294 g/mol. The molecule has 0 atom stereocenters. The standard InChI is InChI=1S/C17H23N3O3/c1-4-5-9-17(10-6-13-7-11-18-12-8-13)14(21)19(2)16(23)20(3)15(17)22/h7-8,11-12H,4-6,9-10H2,1-3H3. The number of nitrogens with zero attached hydrogens (tertiary/aromatic N) is 3. The fourth-order valence-electron chi connectivity index (χ4n) is 3.07. The van der Waals surface area contributed by atoms with E-state index in [1.165, 1.54) is 14.1 Å². The van der Waals surface area contributed by atoms with Crippen LogP contribution in [-0.4, -0.2) is 46.7 Å². The summed E-state index contributed by atoms with van der Waals surface area (Å²) in [5.41, 5.74) is -0.116. The summed E-state index contributed by atoms with van der Waals surface area (Å²) in [7, 11) is 2.89. The maximum Gasteiger partial charge on any atom is 0.332 e. The molecule has 0 bridgehead atoms. The first-order chi connectivity index (χ1) is 10.9. The zero-order valence-corrected chi connectivity index (χ0v) is 13.9. The van der Waals surface area contributed by atoms with E-state index in [0.29, 0.717) is 19.3 Å². The Kier molecular flexibility index (Phi) is 5.13. The first-order valence-corrected chi connectivity index (χ1v) is 7.93. The van der Waals surface area contributed by atoms with Crippen LogP contribution in [0.1, 0.15) is 38.2 Å². The highest BCUT2D eigenvalue weighted by Gasteiger charge is 2.54. The lowest BCUT2D eigenvalue weighted by atomic mass is 9.74. The minimum Gasteiger partial charge on any atom is -0.273 e. The van der Waals surface area contributed by atoms with Crippen LogP contribution in [0.5, 0.6) is 0 Å². The first-order valence-electron chi connectivity index (χ1n) is 7.93. The molecule has 1 fully saturated rings. The van der Waals surface area contributed by atoms with Crippen molar-refractivity contribution in [2.24, 2.45) is 5.41 Å². The third-order valence-electron chi connectivity index (χ3n) is 4.55. The molecule has 1 aliphatic rings. The van der Waals surface area contributed by atoms with E-state index in [4.69, 9.17) is 0 Å². The van der Waals surface area contributed by atoms with Gasteiger partial charge in [0.15, 0.2) is 0 Å². The number of imide groups is 2. The van der Waals surface area contributed by atoms with Gasteiger partial charge in [-0.2, -0.15) is 0 Å². The number of aromatic nitrogens is 1. The summed E-state index contributed by atoms with van der Waals surface area (Å²) in [5.74, 6) is -0.763. The molecule has 1 aliphatic heterocycles. The van der Waals surface area contributed by atoms with Crippen LogP contribution >= 0.6 is 0 Å². The molecule has 0 unspecified atom stereocenters. The van der Waals surface area contributed by atoms with Crippen molar-refractivity contribution < 1.29 is 14.4 Å². The molecule has 0 saturated carbocycles. The van der Waals surface area contributed by atoms with E-state index in [1.807, 2.05) is 19.1 Å². The SMILES string of the molecule is CCCCC1(CCc2ccncc2)C(=O)N(C)C(=O)N(C)C1=O. The van der Waals surface area contributed by atoms with Gasteiger partial charge in [-0.25, -0.2) is 4.79 Å². The summed E-state index contributed by atoms with van der Waals surface area (Å²) in [6.45, 7) is 2.02. The number of pyridine rings is 1. The van der Waals surface area contributed by atoms with Gasteiger partial charge in [0.2, 0.25) is 11.8 Å². The van der Waals surface area contributed by atoms with Crippen LogP contribution in [0.4, 0.5) is 4.79 Å². The molecule has 124 valence electrons. The topological polar surface area (TPSA) is 70.6 Å². The molecule has 2 rings (SSSR count). The number of aryl methyl sites for hydroxylation is 1. The molecule has 6 heteroatoms. The molecule has 0 radical (unpaired) electrons. The maximum atomic E-state index is 12.8. The average molecular weight is 317 g/mol. The van der Waals surface area contributed by atoms with Crippen LogP contribution in [0.25, 0.3) is 0 Å². The zero-order chi connectivity index (χ0) is 17.0. The summed E-state index contributed by atoms with van der Waals surface area (Å²) >= 11 is 0. The second kappa shape index (κ2) is 6.89. The largest absolute Gasteiger partial charge is 0.332 e. The molecule has 6 nitrogen and oxygen atoms in total. The molecule has 1 aromatic heterocycles. The smallest absolute Gasteiger partial charge is 0.273 e. The minimum atomic E-state index is -1.14. The van der Waals surface area contributed by atoms with Crippen molar-refractivity contribution in [3.63, 3.8) is 0 Å². The summed E-state index contributed by atoms with van der Waals surface area (Å²) in [6.07, 6.45) is 6.51. The normalized spacial score (nSPS) is 17.8. The van der Waals surface area contributed by atoms with Crippen molar-refractivity contribution in [1.29, 1.82) is 0 Å². The van der Waals surface area contributed by atoms with Gasteiger partial charge in [0.1, 0.15) is 5.41 Å². The molecule has 2 heterocycles. The lowest BCUT2D eigenvalue weighted by molar-refractivity contribution is -0.158. The summed E-state index contributed by atoms with van der Waals surface area (Å²) in [6, 6.07) is 3.20. The van der Waals surface area contributed by atoms with Gasteiger partial charge in [-0.05, 0) is 37.0 Å². The average Bonchev–Trinajstić information content (AvgIpc) is 2.59. The Labute approximate surface area is 136 Å². The second-order valence-electron chi connectivity index (χ2n) is 6.05. The van der Waals surface area contributed by atoms with E-state index in [0.717, 1.165) is 28.2 Å². The molecule has 0 N–H and O–H groups in total. The number of rotatable bonds is 6. The quantitative estimate of drug-likeness (QED) is 0.754. The highest BCUT2D eigenvalue weighted by atomic mass is 16.2. The molecule has 1 saturated heterocycles. The Morgan fingerprint density at radius 1 is 1.00 bits per heavy atom. The van der Waals surface area contributed by atoms with Crippen LogP contribution < -0.4 is 0 Å². The molecule has 1 aromatic rings. The van der Waals surface area contributed by atoms with Gasteiger partial charge in [-0.15, -0.1) is 0 Å². The lowest BCUT2D eigenvalue weighted by Crippen LogP contribution is -2.63. The third kappa shape index (κ3) is 3.11. The number of hydrogen-bond donors (Lipinski definition) is 0. The van der Waals surface area contributed by atoms with E-state index in [-0.39, 0.29) is 11.8 Å². The van der Waals surface area contributed by atoms with Crippen molar-refractivity contribution in [2.75, 3.05) is 14.1 Å². The molecule has 23 heavy (non-hydrogen) atoms. The third-order valence-corrected chi connectivity index (χ3v) is 4.55. The van der Waals surface area contributed by atoms with Gasteiger partial charge in [-0.1, -0.05) is 19.8 Å². The number of carbonyl (C=O) groups is 3. The molecular formula is C17H23N3O3. The van der Waals surface area contributed by atoms with Crippen LogP contribution in [-0.2, 0) is 16.0 Å². The van der Waals surface area contributed by atoms with Crippen molar-refractivity contribution in [2.45, 2.75) is 39.0 Å². The van der Waals surface area contributed by atoms with Crippen LogP contribution in [0, 0.1) is 5.41 Å². The Morgan fingerprint density at radius 3 is 2.09 bits per heavy atom. The van der Waals surface area contributed by atoms with Gasteiger partial charge in [0, 0.05) is 26.5 Å². The Bertz CT molecular complexity index is 576. The Hall–Kier alpha value is -2.24. The number of urea groups is 1. The maximum absolute atomic E-state index is 12.8. The highest BCUT2D eigenvalue weighted by Crippen LogP contribution is 2.38. The fraction of sp³-hybridized carbons (Fsp3) is 0.529. The molecule has 4 amide bonds. The van der Waals surface area contributed by atoms with Gasteiger partial charge in [0.05, 0.1) is 0 Å². The summed E-state index contributed by atoms with van der Waals surface area (Å²) < 4.78 is 0. The Balaban J connectivity index is 2.31. The highest BCUT2D eigenvalue weighted by molar-refractivity contribution is 6.18. The number of carbonyl (C=O) groups excluding carboxylic acids is 3. The Morgan fingerprint density at radius 2 is 1.57 bits per heavy atom. The second-order valence-corrected chi connectivity index (χ2v) is 6.05. The van der Waals surface area contributed by atoms with Crippen LogP contribution in [0.15, 0.2) is 24.5 Å². The van der Waals surface area contributed by atoms with Crippen molar-refractivity contribution >= 4 is 17.8 Å².